The zero-order valence-electron chi connectivity index (χ0n) is 18.6. The lowest BCUT2D eigenvalue weighted by atomic mass is 9.52. The molecular weight excluding hydrogens is 438 g/mol. The molecule has 4 atom stereocenters. The third kappa shape index (κ3) is 2.74. The number of benzene rings is 1. The summed E-state index contributed by atoms with van der Waals surface area (Å²) < 4.78 is 6.46. The van der Waals surface area contributed by atoms with Crippen molar-refractivity contribution < 1.29 is 19.7 Å². The van der Waals surface area contributed by atoms with Gasteiger partial charge in [0.25, 0.3) is 0 Å². The van der Waals surface area contributed by atoms with E-state index in [-0.39, 0.29) is 30.2 Å². The van der Waals surface area contributed by atoms with Gasteiger partial charge in [0.05, 0.1) is 35.2 Å². The van der Waals surface area contributed by atoms with Crippen LogP contribution in [0.1, 0.15) is 42.5 Å². The van der Waals surface area contributed by atoms with Crippen molar-refractivity contribution >= 4 is 17.2 Å². The highest BCUT2D eigenvalue weighted by atomic mass is 32.1. The Balaban J connectivity index is 1.31. The largest absolute Gasteiger partial charge is 0.504 e. The van der Waals surface area contributed by atoms with Crippen molar-refractivity contribution in [1.82, 2.24) is 14.8 Å². The number of hydrogen-bond donors (Lipinski definition) is 2. The number of carbonyl (C=O) groups excluding carboxylic acids is 1. The summed E-state index contributed by atoms with van der Waals surface area (Å²) in [4.78, 5) is 21.9. The van der Waals surface area contributed by atoms with Crippen molar-refractivity contribution in [2.24, 2.45) is 5.92 Å². The van der Waals surface area contributed by atoms with Crippen molar-refractivity contribution in [3.05, 3.63) is 39.8 Å². The zero-order valence-corrected chi connectivity index (χ0v) is 19.4. The number of likely N-dealkylation sites (tertiary alicyclic amines) is 2. The van der Waals surface area contributed by atoms with Crippen LogP contribution in [0.4, 0.5) is 0 Å². The second-order valence-corrected chi connectivity index (χ2v) is 11.3. The molecule has 1 aromatic heterocycles. The molecule has 3 fully saturated rings. The van der Waals surface area contributed by atoms with Crippen LogP contribution in [0.2, 0.25) is 0 Å². The maximum Gasteiger partial charge on any atom is 0.228 e. The lowest BCUT2D eigenvalue weighted by molar-refractivity contribution is -0.162. The molecule has 33 heavy (non-hydrogen) atoms. The maximum absolute atomic E-state index is 13.3. The van der Waals surface area contributed by atoms with Gasteiger partial charge in [-0.1, -0.05) is 6.07 Å². The summed E-state index contributed by atoms with van der Waals surface area (Å²) in [7, 11) is 0. The molecule has 3 aliphatic heterocycles. The summed E-state index contributed by atoms with van der Waals surface area (Å²) in [6.45, 7) is 2.90. The Morgan fingerprint density at radius 2 is 2.15 bits per heavy atom. The van der Waals surface area contributed by atoms with Crippen molar-refractivity contribution in [1.29, 1.82) is 0 Å². The number of ether oxygens (including phenoxy) is 1. The van der Waals surface area contributed by atoms with Gasteiger partial charge >= 0.3 is 0 Å². The number of carbonyl (C=O) groups is 1. The number of piperidine rings is 1. The van der Waals surface area contributed by atoms with Crippen LogP contribution in [0.15, 0.2) is 23.0 Å². The molecule has 2 bridgehead atoms. The summed E-state index contributed by atoms with van der Waals surface area (Å²) in [5.74, 6) is 1.43. The SMILES string of the molecule is O=C(Cc1cscn1)N1CC[C@@]2(O)[C@H]3Cc4ccc(O)c5c4[C@@]2(CCN3CC2CC2)[C@H](C1)O5. The van der Waals surface area contributed by atoms with Gasteiger partial charge < -0.3 is 19.8 Å². The van der Waals surface area contributed by atoms with E-state index in [1.54, 1.807) is 11.6 Å². The second-order valence-electron chi connectivity index (χ2n) is 10.6. The molecule has 2 aromatic rings. The Morgan fingerprint density at radius 1 is 1.27 bits per heavy atom. The molecule has 174 valence electrons. The Labute approximate surface area is 197 Å². The van der Waals surface area contributed by atoms with E-state index in [4.69, 9.17) is 4.74 Å². The molecular formula is C25H29N3O4S. The smallest absolute Gasteiger partial charge is 0.228 e. The number of phenolic OH excluding ortho intramolecular Hbond substituents is 1. The van der Waals surface area contributed by atoms with Crippen LogP contribution in [0.25, 0.3) is 0 Å². The van der Waals surface area contributed by atoms with E-state index in [1.165, 1.54) is 29.7 Å². The predicted octanol–water partition coefficient (Wildman–Crippen LogP) is 2.09. The standard InChI is InChI=1S/C25H29N3O4S/c29-18-4-3-16-9-19-25(31)6-8-28(21(30)10-17-13-33-14-26-17)12-20-24(25,22(16)23(18)32-20)5-7-27(19)11-15-1-2-15/h3-4,13-15,19-20,29,31H,1-2,5-12H2/t19-,20+,24-,25-/m1/s1. The predicted molar refractivity (Wildman–Crippen MR) is 123 cm³/mol. The molecule has 2 aliphatic carbocycles. The molecule has 1 saturated carbocycles. The molecule has 8 heteroatoms. The van der Waals surface area contributed by atoms with Crippen LogP contribution in [0.3, 0.4) is 0 Å². The first kappa shape index (κ1) is 20.2. The highest BCUT2D eigenvalue weighted by Crippen LogP contribution is 2.63. The first-order chi connectivity index (χ1) is 16.0. The average Bonchev–Trinajstić information content (AvgIpc) is 3.38. The summed E-state index contributed by atoms with van der Waals surface area (Å²) in [5.41, 5.74) is 3.14. The average molecular weight is 468 g/mol. The van der Waals surface area contributed by atoms with Crippen LogP contribution in [-0.2, 0) is 23.1 Å². The Morgan fingerprint density at radius 3 is 2.94 bits per heavy atom. The van der Waals surface area contributed by atoms with E-state index in [2.05, 4.69) is 9.88 Å². The van der Waals surface area contributed by atoms with Crippen molar-refractivity contribution in [2.45, 2.75) is 61.7 Å². The Hall–Kier alpha value is -2.16. The van der Waals surface area contributed by atoms with Gasteiger partial charge in [-0.05, 0) is 56.2 Å². The van der Waals surface area contributed by atoms with Crippen molar-refractivity contribution in [3.8, 4) is 11.5 Å². The lowest BCUT2D eigenvalue weighted by Crippen LogP contribution is -2.74. The van der Waals surface area contributed by atoms with Crippen LogP contribution >= 0.6 is 11.3 Å². The summed E-state index contributed by atoms with van der Waals surface area (Å²) >= 11 is 1.49. The normalized spacial score (nSPS) is 34.5. The topological polar surface area (TPSA) is 86.1 Å². The highest BCUT2D eigenvalue weighted by Gasteiger charge is 2.71. The molecule has 0 radical (unpaired) electrons. The van der Waals surface area contributed by atoms with Crippen molar-refractivity contribution in [2.75, 3.05) is 26.2 Å². The first-order valence-corrected chi connectivity index (χ1v) is 13.1. The summed E-state index contributed by atoms with van der Waals surface area (Å²) in [6.07, 6.45) is 4.54. The molecule has 7 nitrogen and oxygen atoms in total. The number of hydrogen-bond acceptors (Lipinski definition) is 7. The van der Waals surface area contributed by atoms with E-state index in [1.807, 2.05) is 16.3 Å². The van der Waals surface area contributed by atoms with Gasteiger partial charge in [0.15, 0.2) is 11.5 Å². The third-order valence-corrected chi connectivity index (χ3v) is 9.59. The lowest BCUT2D eigenvalue weighted by Gasteiger charge is -2.60. The first-order valence-electron chi connectivity index (χ1n) is 12.1. The molecule has 2 saturated heterocycles. The van der Waals surface area contributed by atoms with E-state index >= 15 is 0 Å². The van der Waals surface area contributed by atoms with E-state index in [0.717, 1.165) is 43.1 Å². The molecule has 1 spiro atoms. The zero-order chi connectivity index (χ0) is 22.4. The number of aromatic nitrogens is 1. The number of aromatic hydroxyl groups is 1. The summed E-state index contributed by atoms with van der Waals surface area (Å²) in [5, 5.41) is 25.2. The molecule has 7 rings (SSSR count). The molecule has 1 aromatic carbocycles. The molecule has 1 amide bonds. The van der Waals surface area contributed by atoms with Gasteiger partial charge in [-0.25, -0.2) is 4.98 Å². The van der Waals surface area contributed by atoms with Crippen LogP contribution in [0, 0.1) is 5.92 Å². The molecule has 0 unspecified atom stereocenters. The minimum atomic E-state index is -0.994. The molecule has 5 aliphatic rings. The fourth-order valence-electron chi connectivity index (χ4n) is 7.22. The second kappa shape index (κ2) is 6.93. The van der Waals surface area contributed by atoms with Gasteiger partial charge in [-0.3, -0.25) is 9.69 Å². The van der Waals surface area contributed by atoms with Gasteiger partial charge in [0, 0.05) is 30.1 Å². The number of thiazole rings is 1. The minimum Gasteiger partial charge on any atom is -0.504 e. The quantitative estimate of drug-likeness (QED) is 0.716. The van der Waals surface area contributed by atoms with E-state index < -0.39 is 11.0 Å². The van der Waals surface area contributed by atoms with E-state index in [0.29, 0.717) is 25.3 Å². The number of nitrogens with zero attached hydrogens (tertiary/aromatic N) is 3. The fourth-order valence-corrected chi connectivity index (χ4v) is 7.78. The minimum absolute atomic E-state index is 0.00883. The van der Waals surface area contributed by atoms with Gasteiger partial charge in [-0.15, -0.1) is 11.3 Å². The summed E-state index contributed by atoms with van der Waals surface area (Å²) in [6, 6.07) is 3.76. The van der Waals surface area contributed by atoms with Crippen LogP contribution < -0.4 is 4.74 Å². The third-order valence-electron chi connectivity index (χ3n) is 8.96. The Bertz CT molecular complexity index is 1120. The molecule has 4 heterocycles. The number of aliphatic hydroxyl groups is 1. The van der Waals surface area contributed by atoms with Crippen LogP contribution in [0.5, 0.6) is 11.5 Å². The Kier molecular flexibility index (Phi) is 4.25. The molecule has 2 N–H and O–H groups in total. The number of phenols is 1. The van der Waals surface area contributed by atoms with Gasteiger partial charge in [0.1, 0.15) is 6.10 Å². The van der Waals surface area contributed by atoms with Gasteiger partial charge in [0.2, 0.25) is 5.91 Å². The maximum atomic E-state index is 13.3. The highest BCUT2D eigenvalue weighted by molar-refractivity contribution is 7.07. The van der Waals surface area contributed by atoms with Gasteiger partial charge in [-0.2, -0.15) is 0 Å². The fraction of sp³-hybridized carbons (Fsp3) is 0.600. The van der Waals surface area contributed by atoms with E-state index in [9.17, 15) is 15.0 Å². The number of rotatable bonds is 4. The number of amides is 1. The van der Waals surface area contributed by atoms with Crippen LogP contribution in [-0.4, -0.2) is 74.8 Å². The monoisotopic (exact) mass is 467 g/mol. The van der Waals surface area contributed by atoms with Crippen molar-refractivity contribution in [3.63, 3.8) is 0 Å².